The average molecular weight is 286 g/mol. The molecule has 0 bridgehead atoms. The van der Waals surface area contributed by atoms with Gasteiger partial charge in [0.05, 0.1) is 5.54 Å². The predicted octanol–water partition coefficient (Wildman–Crippen LogP) is 2.11. The summed E-state index contributed by atoms with van der Waals surface area (Å²) >= 11 is 0. The standard InChI is InChI=1S/C15H18N4O2/c1-9-7-10(13-19-17-8-21-13)3-6-12(9)18-14(20)15(2,16)11-4-5-11/h3,6-8,11H,4-5,16H2,1-2H3,(H,18,20). The number of hydrogen-bond acceptors (Lipinski definition) is 5. The maximum atomic E-state index is 12.3. The van der Waals surface area contributed by atoms with Crippen molar-refractivity contribution in [3.05, 3.63) is 30.2 Å². The van der Waals surface area contributed by atoms with E-state index in [9.17, 15) is 4.79 Å². The molecule has 21 heavy (non-hydrogen) atoms. The number of carbonyl (C=O) groups is 1. The molecule has 1 unspecified atom stereocenters. The monoisotopic (exact) mass is 286 g/mol. The van der Waals surface area contributed by atoms with E-state index in [0.717, 1.165) is 29.7 Å². The molecule has 0 spiro atoms. The molecule has 1 aliphatic carbocycles. The number of amides is 1. The van der Waals surface area contributed by atoms with Gasteiger partial charge >= 0.3 is 0 Å². The Hall–Kier alpha value is -2.21. The third-order valence-corrected chi connectivity index (χ3v) is 4.00. The van der Waals surface area contributed by atoms with Crippen molar-refractivity contribution in [3.8, 4) is 11.5 Å². The lowest BCUT2D eigenvalue weighted by molar-refractivity contribution is -0.121. The van der Waals surface area contributed by atoms with Gasteiger partial charge in [-0.2, -0.15) is 0 Å². The van der Waals surface area contributed by atoms with Crippen molar-refractivity contribution < 1.29 is 9.21 Å². The van der Waals surface area contributed by atoms with Gasteiger partial charge < -0.3 is 15.5 Å². The van der Waals surface area contributed by atoms with Crippen molar-refractivity contribution in [2.45, 2.75) is 32.2 Å². The summed E-state index contributed by atoms with van der Waals surface area (Å²) in [7, 11) is 0. The molecule has 3 N–H and O–H groups in total. The fourth-order valence-electron chi connectivity index (χ4n) is 2.36. The van der Waals surface area contributed by atoms with E-state index in [1.165, 1.54) is 6.39 Å². The third-order valence-electron chi connectivity index (χ3n) is 4.00. The summed E-state index contributed by atoms with van der Waals surface area (Å²) in [5.41, 5.74) is 7.81. The molecule has 1 saturated carbocycles. The number of nitrogens with one attached hydrogen (secondary N) is 1. The van der Waals surface area contributed by atoms with Crippen LogP contribution in [0.3, 0.4) is 0 Å². The Morgan fingerprint density at radius 3 is 2.81 bits per heavy atom. The van der Waals surface area contributed by atoms with Crippen molar-refractivity contribution >= 4 is 11.6 Å². The van der Waals surface area contributed by atoms with Crippen molar-refractivity contribution in [3.63, 3.8) is 0 Å². The summed E-state index contributed by atoms with van der Waals surface area (Å²) in [5.74, 6) is 0.603. The Morgan fingerprint density at radius 1 is 1.48 bits per heavy atom. The molecule has 1 aromatic heterocycles. The number of aromatic nitrogens is 2. The highest BCUT2D eigenvalue weighted by atomic mass is 16.4. The molecule has 1 aromatic carbocycles. The SMILES string of the molecule is Cc1cc(-c2nnco2)ccc1NC(=O)C(C)(N)C1CC1. The highest BCUT2D eigenvalue weighted by Crippen LogP contribution is 2.38. The molecule has 1 atom stereocenters. The van der Waals surface area contributed by atoms with E-state index in [1.54, 1.807) is 6.92 Å². The first-order chi connectivity index (χ1) is 9.98. The lowest BCUT2D eigenvalue weighted by Gasteiger charge is -2.23. The first-order valence-electron chi connectivity index (χ1n) is 6.96. The van der Waals surface area contributed by atoms with E-state index < -0.39 is 5.54 Å². The minimum atomic E-state index is -0.808. The molecule has 3 rings (SSSR count). The number of nitrogens with two attached hydrogens (primary N) is 1. The first kappa shape index (κ1) is 13.8. The van der Waals surface area contributed by atoms with E-state index in [4.69, 9.17) is 10.2 Å². The number of nitrogens with zero attached hydrogens (tertiary/aromatic N) is 2. The van der Waals surface area contributed by atoms with E-state index in [2.05, 4.69) is 15.5 Å². The first-order valence-corrected chi connectivity index (χ1v) is 6.96. The van der Waals surface area contributed by atoms with Gasteiger partial charge in [-0.05, 0) is 56.4 Å². The van der Waals surface area contributed by atoms with Crippen molar-refractivity contribution in [2.24, 2.45) is 11.7 Å². The van der Waals surface area contributed by atoms with Crippen LogP contribution in [0, 0.1) is 12.8 Å². The third kappa shape index (κ3) is 2.67. The van der Waals surface area contributed by atoms with Crippen LogP contribution in [0.15, 0.2) is 29.0 Å². The van der Waals surface area contributed by atoms with Gasteiger partial charge in [0.25, 0.3) is 0 Å². The van der Waals surface area contributed by atoms with Gasteiger partial charge in [-0.15, -0.1) is 10.2 Å². The van der Waals surface area contributed by atoms with Crippen LogP contribution in [0.2, 0.25) is 0 Å². The van der Waals surface area contributed by atoms with Gasteiger partial charge in [0.1, 0.15) is 0 Å². The fraction of sp³-hybridized carbons (Fsp3) is 0.400. The largest absolute Gasteiger partial charge is 0.423 e. The van der Waals surface area contributed by atoms with Gasteiger partial charge in [0.2, 0.25) is 18.2 Å². The van der Waals surface area contributed by atoms with Crippen molar-refractivity contribution in [1.82, 2.24) is 10.2 Å². The number of rotatable bonds is 4. The Bertz CT molecular complexity index is 660. The van der Waals surface area contributed by atoms with Crippen molar-refractivity contribution in [2.75, 3.05) is 5.32 Å². The predicted molar refractivity (Wildman–Crippen MR) is 78.4 cm³/mol. The average Bonchev–Trinajstić information content (AvgIpc) is 3.17. The molecule has 1 aliphatic rings. The van der Waals surface area contributed by atoms with Gasteiger partial charge in [-0.1, -0.05) is 0 Å². The maximum Gasteiger partial charge on any atom is 0.247 e. The summed E-state index contributed by atoms with van der Waals surface area (Å²) in [4.78, 5) is 12.3. The second kappa shape index (κ2) is 4.96. The van der Waals surface area contributed by atoms with Crippen LogP contribution in [0.5, 0.6) is 0 Å². The summed E-state index contributed by atoms with van der Waals surface area (Å²) in [5, 5.41) is 10.4. The number of benzene rings is 1. The number of carbonyl (C=O) groups excluding carboxylic acids is 1. The van der Waals surface area contributed by atoms with E-state index >= 15 is 0 Å². The Labute approximate surface area is 122 Å². The summed E-state index contributed by atoms with van der Waals surface area (Å²) in [6.07, 6.45) is 3.33. The van der Waals surface area contributed by atoms with Crippen LogP contribution in [0.25, 0.3) is 11.5 Å². The van der Waals surface area contributed by atoms with Crippen LogP contribution in [0.4, 0.5) is 5.69 Å². The zero-order chi connectivity index (χ0) is 15.0. The molecule has 110 valence electrons. The summed E-state index contributed by atoms with van der Waals surface area (Å²) < 4.78 is 5.16. The van der Waals surface area contributed by atoms with Gasteiger partial charge in [0, 0.05) is 11.3 Å². The fourth-order valence-corrected chi connectivity index (χ4v) is 2.36. The molecule has 0 radical (unpaired) electrons. The van der Waals surface area contributed by atoms with Gasteiger partial charge in [0.15, 0.2) is 0 Å². The molecule has 1 amide bonds. The lowest BCUT2D eigenvalue weighted by atomic mass is 9.96. The molecular weight excluding hydrogens is 268 g/mol. The molecule has 2 aromatic rings. The van der Waals surface area contributed by atoms with Crippen molar-refractivity contribution in [1.29, 1.82) is 0 Å². The van der Waals surface area contributed by atoms with E-state index in [1.807, 2.05) is 25.1 Å². The number of hydrogen-bond donors (Lipinski definition) is 2. The number of anilines is 1. The van der Waals surface area contributed by atoms with Gasteiger partial charge in [-0.25, -0.2) is 0 Å². The Balaban J connectivity index is 1.79. The molecule has 0 saturated heterocycles. The van der Waals surface area contributed by atoms with Crippen LogP contribution >= 0.6 is 0 Å². The van der Waals surface area contributed by atoms with Crippen LogP contribution in [0.1, 0.15) is 25.3 Å². The second-order valence-electron chi connectivity index (χ2n) is 5.78. The zero-order valence-corrected chi connectivity index (χ0v) is 12.1. The Kier molecular flexibility index (Phi) is 3.25. The summed E-state index contributed by atoms with van der Waals surface area (Å²) in [6.45, 7) is 3.71. The topological polar surface area (TPSA) is 94.0 Å². The molecular formula is C15H18N4O2. The van der Waals surface area contributed by atoms with Crippen LogP contribution in [-0.4, -0.2) is 21.6 Å². The summed E-state index contributed by atoms with van der Waals surface area (Å²) in [6, 6.07) is 5.56. The zero-order valence-electron chi connectivity index (χ0n) is 12.1. The molecule has 1 heterocycles. The normalized spacial score (nSPS) is 17.3. The van der Waals surface area contributed by atoms with Crippen LogP contribution in [-0.2, 0) is 4.79 Å². The quantitative estimate of drug-likeness (QED) is 0.897. The Morgan fingerprint density at radius 2 is 2.24 bits per heavy atom. The van der Waals surface area contributed by atoms with E-state index in [0.29, 0.717) is 5.89 Å². The number of aryl methyl sites for hydroxylation is 1. The minimum absolute atomic E-state index is 0.140. The smallest absolute Gasteiger partial charge is 0.247 e. The minimum Gasteiger partial charge on any atom is -0.423 e. The van der Waals surface area contributed by atoms with Gasteiger partial charge in [-0.3, -0.25) is 4.79 Å². The van der Waals surface area contributed by atoms with Crippen LogP contribution < -0.4 is 11.1 Å². The lowest BCUT2D eigenvalue weighted by Crippen LogP contribution is -2.50. The maximum absolute atomic E-state index is 12.3. The molecule has 1 fully saturated rings. The van der Waals surface area contributed by atoms with E-state index in [-0.39, 0.29) is 11.8 Å². The highest BCUT2D eigenvalue weighted by Gasteiger charge is 2.44. The highest BCUT2D eigenvalue weighted by molar-refractivity contribution is 5.98. The molecule has 6 nitrogen and oxygen atoms in total. The second-order valence-corrected chi connectivity index (χ2v) is 5.78. The molecule has 0 aliphatic heterocycles. The molecule has 6 heteroatoms.